The topological polar surface area (TPSA) is 68.0 Å². The van der Waals surface area contributed by atoms with E-state index in [0.717, 1.165) is 22.5 Å². The first-order valence-corrected chi connectivity index (χ1v) is 4.15. The van der Waals surface area contributed by atoms with Gasteiger partial charge in [0.2, 0.25) is 0 Å². The number of aromatic nitrogens is 1. The predicted molar refractivity (Wildman–Crippen MR) is 47.6 cm³/mol. The van der Waals surface area contributed by atoms with Crippen molar-refractivity contribution < 1.29 is 4.79 Å². The van der Waals surface area contributed by atoms with Crippen molar-refractivity contribution >= 4 is 18.0 Å². The van der Waals surface area contributed by atoms with Gasteiger partial charge in [0.05, 0.1) is 0 Å². The molecule has 4 nitrogen and oxygen atoms in total. The number of carbonyl (C=O) groups is 1. The molecular formula is C7H9N3OS. The summed E-state index contributed by atoms with van der Waals surface area (Å²) < 4.78 is 2.37. The minimum Gasteiger partial charge on any atom is -0.351 e. The van der Waals surface area contributed by atoms with E-state index in [1.54, 1.807) is 6.20 Å². The highest BCUT2D eigenvalue weighted by atomic mass is 32.2. The molecule has 3 N–H and O–H groups in total. The highest BCUT2D eigenvalue weighted by Gasteiger charge is 1.96. The zero-order chi connectivity index (χ0) is 8.97. The van der Waals surface area contributed by atoms with E-state index in [2.05, 4.69) is 9.71 Å². The van der Waals surface area contributed by atoms with Crippen molar-refractivity contribution in [3.8, 4) is 0 Å². The number of carbonyl (C=O) groups excluding carboxylic acids is 1. The molecule has 0 aliphatic rings. The highest BCUT2D eigenvalue weighted by Crippen LogP contribution is 2.10. The van der Waals surface area contributed by atoms with E-state index < -0.39 is 6.03 Å². The second-order valence-electron chi connectivity index (χ2n) is 2.24. The van der Waals surface area contributed by atoms with Crippen LogP contribution in [-0.4, -0.2) is 11.0 Å². The van der Waals surface area contributed by atoms with Crippen molar-refractivity contribution in [3.63, 3.8) is 0 Å². The van der Waals surface area contributed by atoms with Gasteiger partial charge in [0.25, 0.3) is 0 Å². The summed E-state index contributed by atoms with van der Waals surface area (Å²) in [5.74, 6) is 0. The van der Waals surface area contributed by atoms with Crippen LogP contribution in [0.4, 0.5) is 4.79 Å². The Balaban J connectivity index is 2.53. The maximum absolute atomic E-state index is 10.3. The molecule has 12 heavy (non-hydrogen) atoms. The Kier molecular flexibility index (Phi) is 2.93. The Bertz CT molecular complexity index is 272. The minimum absolute atomic E-state index is 0.567. The molecule has 0 saturated heterocycles. The lowest BCUT2D eigenvalue weighted by Gasteiger charge is -1.99. The fourth-order valence-corrected chi connectivity index (χ4v) is 1.06. The fourth-order valence-electron chi connectivity index (χ4n) is 0.617. The quantitative estimate of drug-likeness (QED) is 0.674. The lowest BCUT2D eigenvalue weighted by molar-refractivity contribution is 0.254. The van der Waals surface area contributed by atoms with E-state index in [1.807, 2.05) is 19.1 Å². The number of hydrogen-bond donors (Lipinski definition) is 2. The molecule has 0 spiro atoms. The molecule has 0 unspecified atom stereocenters. The number of amides is 2. The van der Waals surface area contributed by atoms with Crippen molar-refractivity contribution in [2.75, 3.05) is 0 Å². The van der Waals surface area contributed by atoms with Gasteiger partial charge >= 0.3 is 6.03 Å². The maximum Gasteiger partial charge on any atom is 0.322 e. The van der Waals surface area contributed by atoms with E-state index >= 15 is 0 Å². The second kappa shape index (κ2) is 3.96. The number of aryl methyl sites for hydroxylation is 1. The van der Waals surface area contributed by atoms with E-state index in [0.29, 0.717) is 0 Å². The van der Waals surface area contributed by atoms with Crippen LogP contribution in [0.2, 0.25) is 0 Å². The number of hydrogen-bond acceptors (Lipinski definition) is 3. The average Bonchev–Trinajstić information content (AvgIpc) is 2.03. The van der Waals surface area contributed by atoms with Crippen molar-refractivity contribution in [1.29, 1.82) is 0 Å². The molecule has 0 saturated carbocycles. The fraction of sp³-hybridized carbons (Fsp3) is 0.143. The van der Waals surface area contributed by atoms with Gasteiger partial charge in [-0.1, -0.05) is 6.07 Å². The largest absolute Gasteiger partial charge is 0.351 e. The Morgan fingerprint density at radius 1 is 1.67 bits per heavy atom. The molecule has 0 fully saturated rings. The summed E-state index contributed by atoms with van der Waals surface area (Å²) in [5.41, 5.74) is 5.95. The zero-order valence-corrected chi connectivity index (χ0v) is 7.39. The number of primary amides is 1. The van der Waals surface area contributed by atoms with Gasteiger partial charge in [-0.15, -0.1) is 0 Å². The van der Waals surface area contributed by atoms with Crippen molar-refractivity contribution in [2.24, 2.45) is 5.73 Å². The Morgan fingerprint density at radius 3 is 2.92 bits per heavy atom. The normalized spacial score (nSPS) is 9.42. The summed E-state index contributed by atoms with van der Waals surface area (Å²) in [6.45, 7) is 1.95. The number of nitrogens with two attached hydrogens (primary N) is 1. The third-order valence-corrected chi connectivity index (χ3v) is 1.89. The zero-order valence-electron chi connectivity index (χ0n) is 6.57. The van der Waals surface area contributed by atoms with Gasteiger partial charge in [-0.2, -0.15) is 0 Å². The van der Waals surface area contributed by atoms with Crippen LogP contribution < -0.4 is 10.5 Å². The van der Waals surface area contributed by atoms with Crippen LogP contribution in [0.15, 0.2) is 23.4 Å². The van der Waals surface area contributed by atoms with E-state index in [4.69, 9.17) is 5.73 Å². The van der Waals surface area contributed by atoms with Gasteiger partial charge in [-0.3, -0.25) is 4.72 Å². The van der Waals surface area contributed by atoms with Gasteiger partial charge in [-0.05, 0) is 18.6 Å². The molecule has 1 aromatic rings. The number of rotatable bonds is 2. The number of urea groups is 1. The first-order chi connectivity index (χ1) is 5.68. The minimum atomic E-state index is -0.567. The van der Waals surface area contributed by atoms with Crippen LogP contribution >= 0.6 is 11.9 Å². The first-order valence-electron chi connectivity index (χ1n) is 3.33. The third kappa shape index (κ3) is 2.79. The summed E-state index contributed by atoms with van der Waals surface area (Å²) in [6, 6.07) is 3.16. The van der Waals surface area contributed by atoms with Crippen LogP contribution in [0.3, 0.4) is 0 Å². The summed E-state index contributed by atoms with van der Waals surface area (Å²) in [6.07, 6.45) is 1.73. The molecule has 5 heteroatoms. The van der Waals surface area contributed by atoms with Gasteiger partial charge in [0, 0.05) is 18.1 Å². The monoisotopic (exact) mass is 183 g/mol. The van der Waals surface area contributed by atoms with E-state index in [1.165, 1.54) is 0 Å². The average molecular weight is 183 g/mol. The van der Waals surface area contributed by atoms with Crippen LogP contribution in [0.25, 0.3) is 0 Å². The van der Waals surface area contributed by atoms with Gasteiger partial charge in [0.15, 0.2) is 0 Å². The standard InChI is InChI=1S/C7H9N3OS/c1-5-2-3-6(9-4-5)12-10-7(8)11/h2-4H,1H3,(H3,8,10,11). The Morgan fingerprint density at radius 2 is 2.42 bits per heavy atom. The highest BCUT2D eigenvalue weighted by molar-refractivity contribution is 7.97. The summed E-state index contributed by atoms with van der Waals surface area (Å²) in [5, 5.41) is 0.722. The van der Waals surface area contributed by atoms with Crippen molar-refractivity contribution in [1.82, 2.24) is 9.71 Å². The molecule has 0 radical (unpaired) electrons. The third-order valence-electron chi connectivity index (χ3n) is 1.14. The molecule has 0 aliphatic heterocycles. The molecule has 64 valence electrons. The molecule has 0 bridgehead atoms. The van der Waals surface area contributed by atoms with Crippen LogP contribution in [-0.2, 0) is 0 Å². The molecule has 0 atom stereocenters. The lowest BCUT2D eigenvalue weighted by atomic mass is 10.3. The lowest BCUT2D eigenvalue weighted by Crippen LogP contribution is -2.22. The molecule has 0 aromatic carbocycles. The van der Waals surface area contributed by atoms with Gasteiger partial charge in [0.1, 0.15) is 5.03 Å². The van der Waals surface area contributed by atoms with Crippen molar-refractivity contribution in [3.05, 3.63) is 23.9 Å². The molecule has 1 rings (SSSR count). The van der Waals surface area contributed by atoms with Crippen LogP contribution in [0, 0.1) is 6.92 Å². The smallest absolute Gasteiger partial charge is 0.322 e. The van der Waals surface area contributed by atoms with E-state index in [9.17, 15) is 4.79 Å². The number of nitrogens with one attached hydrogen (secondary N) is 1. The maximum atomic E-state index is 10.3. The number of pyridine rings is 1. The molecule has 1 heterocycles. The van der Waals surface area contributed by atoms with Crippen LogP contribution in [0.5, 0.6) is 0 Å². The van der Waals surface area contributed by atoms with Crippen LogP contribution in [0.1, 0.15) is 5.56 Å². The van der Waals surface area contributed by atoms with Gasteiger partial charge < -0.3 is 5.73 Å². The molecular weight excluding hydrogens is 174 g/mol. The summed E-state index contributed by atoms with van der Waals surface area (Å²) in [7, 11) is 0. The predicted octanol–water partition coefficient (Wildman–Crippen LogP) is 1.07. The molecule has 2 amide bonds. The van der Waals surface area contributed by atoms with E-state index in [-0.39, 0.29) is 0 Å². The van der Waals surface area contributed by atoms with Gasteiger partial charge in [-0.25, -0.2) is 9.78 Å². The summed E-state index contributed by atoms with van der Waals surface area (Å²) in [4.78, 5) is 14.3. The molecule has 0 aliphatic carbocycles. The Hall–Kier alpha value is -1.23. The molecule has 1 aromatic heterocycles. The number of nitrogens with zero attached hydrogens (tertiary/aromatic N) is 1. The second-order valence-corrected chi connectivity index (χ2v) is 3.07. The van der Waals surface area contributed by atoms with Crippen molar-refractivity contribution in [2.45, 2.75) is 11.9 Å². The SMILES string of the molecule is Cc1ccc(SNC(N)=O)nc1. The first kappa shape index (κ1) is 8.86. The summed E-state index contributed by atoms with van der Waals surface area (Å²) >= 11 is 1.10. The Labute approximate surface area is 74.7 Å².